The van der Waals surface area contributed by atoms with Crippen LogP contribution in [0.25, 0.3) is 0 Å². The van der Waals surface area contributed by atoms with E-state index in [4.69, 9.17) is 0 Å². The summed E-state index contributed by atoms with van der Waals surface area (Å²) in [5.74, 6) is -0.321. The van der Waals surface area contributed by atoms with Gasteiger partial charge in [0.25, 0.3) is 0 Å². The van der Waals surface area contributed by atoms with E-state index in [1.54, 1.807) is 20.8 Å². The van der Waals surface area contributed by atoms with Crippen molar-refractivity contribution in [2.75, 3.05) is 19.3 Å². The molecular formula is C35H58N4O6S. The zero-order chi connectivity index (χ0) is 34.7. The SMILES string of the molecule is CC(C)(C)NC(=O)[C@@H]1CC2CCCCC2CN1C[C@@H](O)[C@H](Cc1ccccc1)NC(=O)[C@@H](NC(=O)C(C)(C)C)C(C)(C)S(C)(=O)=O. The van der Waals surface area contributed by atoms with Crippen molar-refractivity contribution in [3.63, 3.8) is 0 Å². The molecule has 0 aromatic heterocycles. The molecule has 1 saturated carbocycles. The molecule has 11 heteroatoms. The maximum absolute atomic E-state index is 14.0. The van der Waals surface area contributed by atoms with Gasteiger partial charge >= 0.3 is 0 Å². The van der Waals surface area contributed by atoms with Crippen molar-refractivity contribution in [2.24, 2.45) is 17.3 Å². The summed E-state index contributed by atoms with van der Waals surface area (Å²) in [7, 11) is -3.81. The average molecular weight is 663 g/mol. The molecule has 1 aliphatic carbocycles. The molecule has 3 rings (SSSR count). The van der Waals surface area contributed by atoms with Crippen molar-refractivity contribution in [2.45, 2.75) is 128 Å². The van der Waals surface area contributed by atoms with Gasteiger partial charge in [-0.05, 0) is 71.3 Å². The van der Waals surface area contributed by atoms with Gasteiger partial charge < -0.3 is 21.1 Å². The number of piperidine rings is 1. The lowest BCUT2D eigenvalue weighted by atomic mass is 9.72. The van der Waals surface area contributed by atoms with Gasteiger partial charge in [-0.25, -0.2) is 8.42 Å². The number of carbonyl (C=O) groups is 3. The lowest BCUT2D eigenvalue weighted by Crippen LogP contribution is -2.64. The molecule has 4 N–H and O–H groups in total. The first-order chi connectivity index (χ1) is 21.1. The smallest absolute Gasteiger partial charge is 0.244 e. The molecule has 2 fully saturated rings. The maximum atomic E-state index is 14.0. The summed E-state index contributed by atoms with van der Waals surface area (Å²) in [5.41, 5.74) is -0.409. The third-order valence-corrected chi connectivity index (χ3v) is 11.8. The summed E-state index contributed by atoms with van der Waals surface area (Å²) >= 11 is 0. The second-order valence-corrected chi connectivity index (χ2v) is 18.8. The summed E-state index contributed by atoms with van der Waals surface area (Å²) in [6, 6.07) is 6.78. The summed E-state index contributed by atoms with van der Waals surface area (Å²) in [4.78, 5) is 42.8. The highest BCUT2D eigenvalue weighted by molar-refractivity contribution is 7.92. The number of hydrogen-bond donors (Lipinski definition) is 4. The van der Waals surface area contributed by atoms with Crippen LogP contribution in [0.2, 0.25) is 0 Å². The van der Waals surface area contributed by atoms with Crippen LogP contribution in [-0.2, 0) is 30.6 Å². The van der Waals surface area contributed by atoms with E-state index in [1.165, 1.54) is 20.3 Å². The number of nitrogens with one attached hydrogen (secondary N) is 3. The molecule has 6 atom stereocenters. The van der Waals surface area contributed by atoms with Gasteiger partial charge in [0.1, 0.15) is 6.04 Å². The van der Waals surface area contributed by atoms with Crippen molar-refractivity contribution >= 4 is 27.6 Å². The third kappa shape index (κ3) is 10.0. The number of fused-ring (bicyclic) bond motifs is 1. The largest absolute Gasteiger partial charge is 0.390 e. The van der Waals surface area contributed by atoms with Gasteiger partial charge in [-0.1, -0.05) is 70.4 Å². The summed E-state index contributed by atoms with van der Waals surface area (Å²) in [6.45, 7) is 14.6. The number of likely N-dealkylation sites (tertiary alicyclic amines) is 1. The first-order valence-corrected chi connectivity index (χ1v) is 18.6. The van der Waals surface area contributed by atoms with E-state index >= 15 is 0 Å². The quantitative estimate of drug-likeness (QED) is 0.285. The minimum Gasteiger partial charge on any atom is -0.390 e. The topological polar surface area (TPSA) is 145 Å². The fourth-order valence-corrected chi connectivity index (χ4v) is 7.12. The number of β-amino-alcohol motifs (C(OH)–C–C–N with tert-alkyl or cyclic N) is 1. The molecule has 1 saturated heterocycles. The number of carbonyl (C=O) groups excluding carboxylic acids is 3. The number of aliphatic hydroxyl groups excluding tert-OH is 1. The maximum Gasteiger partial charge on any atom is 0.244 e. The Hall–Kier alpha value is -2.50. The Bertz CT molecular complexity index is 1320. The van der Waals surface area contributed by atoms with E-state index in [2.05, 4.69) is 20.9 Å². The van der Waals surface area contributed by atoms with Crippen molar-refractivity contribution in [3.05, 3.63) is 35.9 Å². The molecular weight excluding hydrogens is 604 g/mol. The number of amides is 3. The molecule has 0 radical (unpaired) electrons. The summed E-state index contributed by atoms with van der Waals surface area (Å²) in [5, 5.41) is 20.6. The number of nitrogens with zero attached hydrogens (tertiary/aromatic N) is 1. The van der Waals surface area contributed by atoms with Crippen LogP contribution in [0.4, 0.5) is 0 Å². The Morgan fingerprint density at radius 1 is 0.935 bits per heavy atom. The van der Waals surface area contributed by atoms with Crippen LogP contribution in [0.3, 0.4) is 0 Å². The summed E-state index contributed by atoms with van der Waals surface area (Å²) in [6.07, 6.45) is 5.46. The van der Waals surface area contributed by atoms with Gasteiger partial charge in [0.05, 0.1) is 22.9 Å². The highest BCUT2D eigenvalue weighted by Gasteiger charge is 2.47. The van der Waals surface area contributed by atoms with Crippen LogP contribution in [0.5, 0.6) is 0 Å². The van der Waals surface area contributed by atoms with Crippen molar-refractivity contribution in [3.8, 4) is 0 Å². The fourth-order valence-electron chi connectivity index (χ4n) is 6.53. The predicted molar refractivity (Wildman–Crippen MR) is 182 cm³/mol. The molecule has 1 heterocycles. The Morgan fingerprint density at radius 2 is 1.52 bits per heavy atom. The van der Waals surface area contributed by atoms with Gasteiger partial charge in [0, 0.05) is 30.3 Å². The lowest BCUT2D eigenvalue weighted by Gasteiger charge is -2.47. The predicted octanol–water partition coefficient (Wildman–Crippen LogP) is 3.22. The van der Waals surface area contributed by atoms with Crippen LogP contribution in [0.15, 0.2) is 30.3 Å². The van der Waals surface area contributed by atoms with Crippen LogP contribution >= 0.6 is 0 Å². The number of benzene rings is 1. The Morgan fingerprint density at radius 3 is 2.07 bits per heavy atom. The van der Waals surface area contributed by atoms with E-state index in [0.29, 0.717) is 18.4 Å². The molecule has 1 aromatic carbocycles. The minimum absolute atomic E-state index is 0.0628. The molecule has 1 aromatic rings. The standard InChI is InChI=1S/C35H58N4O6S/c1-33(2,3)32(43)37-29(35(7,8)46(9,44)45)31(42)36-26(19-23-15-11-10-12-16-23)28(40)22-39-21-25-18-14-13-17-24(25)20-27(39)30(41)38-34(4,5)6/h10-12,15-16,24-29,40H,13-14,17-22H2,1-9H3,(H,36,42)(H,37,43)(H,38,41)/t24?,25?,26-,27-,28+,29+/m0/s1. The third-order valence-electron chi connectivity index (χ3n) is 9.68. The van der Waals surface area contributed by atoms with E-state index < -0.39 is 61.6 Å². The molecule has 0 bridgehead atoms. The molecule has 1 aliphatic heterocycles. The molecule has 2 unspecified atom stereocenters. The Kier molecular flexibility index (Phi) is 12.2. The normalized spacial score (nSPS) is 23.4. The van der Waals surface area contributed by atoms with Crippen LogP contribution < -0.4 is 16.0 Å². The van der Waals surface area contributed by atoms with Crippen molar-refractivity contribution in [1.82, 2.24) is 20.9 Å². The molecule has 260 valence electrons. The van der Waals surface area contributed by atoms with Gasteiger partial charge in [-0.15, -0.1) is 0 Å². The monoisotopic (exact) mass is 662 g/mol. The van der Waals surface area contributed by atoms with Crippen LogP contribution in [0.1, 0.15) is 93.1 Å². The highest BCUT2D eigenvalue weighted by atomic mass is 32.2. The van der Waals surface area contributed by atoms with E-state index in [0.717, 1.165) is 37.5 Å². The van der Waals surface area contributed by atoms with Crippen molar-refractivity contribution in [1.29, 1.82) is 0 Å². The van der Waals surface area contributed by atoms with Crippen molar-refractivity contribution < 1.29 is 27.9 Å². The number of rotatable bonds is 11. The first kappa shape index (κ1) is 38.0. The lowest BCUT2D eigenvalue weighted by molar-refractivity contribution is -0.135. The minimum atomic E-state index is -3.81. The second kappa shape index (κ2) is 14.7. The molecule has 0 spiro atoms. The highest BCUT2D eigenvalue weighted by Crippen LogP contribution is 2.39. The molecule has 3 amide bonds. The van der Waals surface area contributed by atoms with Gasteiger partial charge in [-0.2, -0.15) is 0 Å². The zero-order valence-corrected chi connectivity index (χ0v) is 30.2. The zero-order valence-electron chi connectivity index (χ0n) is 29.4. The van der Waals surface area contributed by atoms with E-state index in [-0.39, 0.29) is 18.9 Å². The van der Waals surface area contributed by atoms with Crippen LogP contribution in [0, 0.1) is 17.3 Å². The second-order valence-electron chi connectivity index (χ2n) is 16.2. The molecule has 46 heavy (non-hydrogen) atoms. The summed E-state index contributed by atoms with van der Waals surface area (Å²) < 4.78 is 24.1. The van der Waals surface area contributed by atoms with E-state index in [1.807, 2.05) is 51.1 Å². The molecule has 2 aliphatic rings. The first-order valence-electron chi connectivity index (χ1n) is 16.7. The average Bonchev–Trinajstić information content (AvgIpc) is 2.93. The Labute approximate surface area is 276 Å². The number of sulfone groups is 1. The van der Waals surface area contributed by atoms with Crippen LogP contribution in [-0.4, -0.2) is 90.0 Å². The Balaban J connectivity index is 1.94. The molecule has 10 nitrogen and oxygen atoms in total. The van der Waals surface area contributed by atoms with E-state index in [9.17, 15) is 27.9 Å². The number of hydrogen-bond acceptors (Lipinski definition) is 7. The van der Waals surface area contributed by atoms with Gasteiger partial charge in [-0.3, -0.25) is 19.3 Å². The van der Waals surface area contributed by atoms with Gasteiger partial charge in [0.15, 0.2) is 9.84 Å². The fraction of sp³-hybridized carbons (Fsp3) is 0.743. The van der Waals surface area contributed by atoms with Gasteiger partial charge in [0.2, 0.25) is 17.7 Å². The number of aliphatic hydroxyl groups is 1.